The summed E-state index contributed by atoms with van der Waals surface area (Å²) in [7, 11) is 0. The van der Waals surface area contributed by atoms with Crippen LogP contribution in [-0.4, -0.2) is 40.0 Å². The highest BCUT2D eigenvalue weighted by Crippen LogP contribution is 2.21. The lowest BCUT2D eigenvalue weighted by Gasteiger charge is -2.30. The molecule has 1 amide bonds. The summed E-state index contributed by atoms with van der Waals surface area (Å²) in [6, 6.07) is 0. The molecule has 2 rings (SSSR count). The molecule has 6 heteroatoms. The Kier molecular flexibility index (Phi) is 3.42. The maximum absolute atomic E-state index is 11.8. The van der Waals surface area contributed by atoms with E-state index in [2.05, 4.69) is 4.98 Å². The SMILES string of the molecule is CCc1nc(CC(=O)N2CCC2)c(C(=O)O)s1. The Morgan fingerprint density at radius 3 is 2.65 bits per heavy atom. The van der Waals surface area contributed by atoms with Crippen LogP contribution in [0.2, 0.25) is 0 Å². The number of thiazole rings is 1. The molecular weight excluding hydrogens is 240 g/mol. The van der Waals surface area contributed by atoms with Crippen molar-refractivity contribution in [1.29, 1.82) is 0 Å². The predicted molar refractivity (Wildman–Crippen MR) is 63.4 cm³/mol. The quantitative estimate of drug-likeness (QED) is 0.875. The molecule has 17 heavy (non-hydrogen) atoms. The van der Waals surface area contributed by atoms with Gasteiger partial charge in [0.25, 0.3) is 0 Å². The molecule has 1 aromatic rings. The molecule has 1 saturated heterocycles. The second kappa shape index (κ2) is 4.83. The zero-order valence-electron chi connectivity index (χ0n) is 9.60. The largest absolute Gasteiger partial charge is 0.477 e. The van der Waals surface area contributed by atoms with Crippen LogP contribution in [0.4, 0.5) is 0 Å². The number of likely N-dealkylation sites (tertiary alicyclic amines) is 1. The summed E-state index contributed by atoms with van der Waals surface area (Å²) >= 11 is 1.17. The lowest BCUT2D eigenvalue weighted by Crippen LogP contribution is -2.43. The van der Waals surface area contributed by atoms with Crippen LogP contribution in [0.15, 0.2) is 0 Å². The van der Waals surface area contributed by atoms with Gasteiger partial charge in [0.2, 0.25) is 5.91 Å². The van der Waals surface area contributed by atoms with Gasteiger partial charge in [0.15, 0.2) is 0 Å². The Labute approximate surface area is 103 Å². The minimum Gasteiger partial charge on any atom is -0.477 e. The number of nitrogens with zero attached hydrogens (tertiary/aromatic N) is 2. The standard InChI is InChI=1S/C11H14N2O3S/c1-2-8-12-7(10(17-8)11(15)16)6-9(14)13-4-3-5-13/h2-6H2,1H3,(H,15,16). The summed E-state index contributed by atoms with van der Waals surface area (Å²) in [6.07, 6.45) is 1.84. The Hall–Kier alpha value is -1.43. The van der Waals surface area contributed by atoms with Crippen molar-refractivity contribution in [3.8, 4) is 0 Å². The summed E-state index contributed by atoms with van der Waals surface area (Å²) in [5.41, 5.74) is 0.413. The third-order valence-corrected chi connectivity index (χ3v) is 4.00. The van der Waals surface area contributed by atoms with E-state index >= 15 is 0 Å². The van der Waals surface area contributed by atoms with Crippen molar-refractivity contribution in [2.75, 3.05) is 13.1 Å². The summed E-state index contributed by atoms with van der Waals surface area (Å²) in [4.78, 5) is 29.0. The van der Waals surface area contributed by atoms with Gasteiger partial charge in [-0.05, 0) is 12.8 Å². The number of hydrogen-bond acceptors (Lipinski definition) is 4. The molecule has 1 aromatic heterocycles. The number of carbonyl (C=O) groups is 2. The first kappa shape index (κ1) is 12.0. The molecule has 0 aliphatic carbocycles. The van der Waals surface area contributed by atoms with Gasteiger partial charge in [-0.2, -0.15) is 0 Å². The molecule has 5 nitrogen and oxygen atoms in total. The number of carboxylic acid groups (broad SMARTS) is 1. The molecule has 0 saturated carbocycles. The maximum Gasteiger partial charge on any atom is 0.347 e. The number of aromatic nitrogens is 1. The van der Waals surface area contributed by atoms with Crippen LogP contribution in [0.25, 0.3) is 0 Å². The van der Waals surface area contributed by atoms with Crippen molar-refractivity contribution in [3.05, 3.63) is 15.6 Å². The van der Waals surface area contributed by atoms with Gasteiger partial charge in [-0.1, -0.05) is 6.92 Å². The summed E-state index contributed by atoms with van der Waals surface area (Å²) in [5, 5.41) is 9.81. The Balaban J connectivity index is 2.15. The Morgan fingerprint density at radius 1 is 1.47 bits per heavy atom. The van der Waals surface area contributed by atoms with E-state index in [0.29, 0.717) is 12.1 Å². The molecule has 0 aromatic carbocycles. The normalized spacial score (nSPS) is 14.5. The number of carboxylic acids is 1. The van der Waals surface area contributed by atoms with Crippen LogP contribution in [0.5, 0.6) is 0 Å². The smallest absolute Gasteiger partial charge is 0.347 e. The summed E-state index contributed by atoms with van der Waals surface area (Å²) < 4.78 is 0. The lowest BCUT2D eigenvalue weighted by molar-refractivity contribution is -0.133. The van der Waals surface area contributed by atoms with E-state index in [1.807, 2.05) is 6.92 Å². The van der Waals surface area contributed by atoms with E-state index in [1.54, 1.807) is 4.90 Å². The van der Waals surface area contributed by atoms with Gasteiger partial charge in [-0.3, -0.25) is 4.79 Å². The van der Waals surface area contributed by atoms with Gasteiger partial charge in [0.05, 0.1) is 17.1 Å². The number of carbonyl (C=O) groups excluding carboxylic acids is 1. The molecule has 0 atom stereocenters. The molecule has 1 aliphatic rings. The van der Waals surface area contributed by atoms with Crippen LogP contribution in [0, 0.1) is 0 Å². The zero-order valence-corrected chi connectivity index (χ0v) is 10.4. The molecule has 0 unspecified atom stereocenters. The van der Waals surface area contributed by atoms with Crippen molar-refractivity contribution in [1.82, 2.24) is 9.88 Å². The summed E-state index contributed by atoms with van der Waals surface area (Å²) in [6.45, 7) is 3.49. The molecule has 0 bridgehead atoms. The molecule has 0 radical (unpaired) electrons. The number of rotatable bonds is 4. The fourth-order valence-electron chi connectivity index (χ4n) is 1.66. The minimum atomic E-state index is -0.992. The lowest BCUT2D eigenvalue weighted by atomic mass is 10.1. The van der Waals surface area contributed by atoms with Crippen molar-refractivity contribution >= 4 is 23.2 Å². The van der Waals surface area contributed by atoms with E-state index in [0.717, 1.165) is 24.5 Å². The van der Waals surface area contributed by atoms with Crippen LogP contribution >= 0.6 is 11.3 Å². The van der Waals surface area contributed by atoms with E-state index in [-0.39, 0.29) is 17.2 Å². The third-order valence-electron chi connectivity index (χ3n) is 2.77. The fraction of sp³-hybridized carbons (Fsp3) is 0.545. The molecule has 1 fully saturated rings. The fourth-order valence-corrected chi connectivity index (χ4v) is 2.52. The second-order valence-electron chi connectivity index (χ2n) is 3.95. The predicted octanol–water partition coefficient (Wildman–Crippen LogP) is 1.18. The Morgan fingerprint density at radius 2 is 2.18 bits per heavy atom. The summed E-state index contributed by atoms with van der Waals surface area (Å²) in [5.74, 6) is -1.01. The van der Waals surface area contributed by atoms with Gasteiger partial charge in [0.1, 0.15) is 4.88 Å². The van der Waals surface area contributed by atoms with Crippen molar-refractivity contribution in [2.24, 2.45) is 0 Å². The highest BCUT2D eigenvalue weighted by molar-refractivity contribution is 7.13. The van der Waals surface area contributed by atoms with Crippen LogP contribution < -0.4 is 0 Å². The van der Waals surface area contributed by atoms with Crippen molar-refractivity contribution in [3.63, 3.8) is 0 Å². The first-order valence-electron chi connectivity index (χ1n) is 5.61. The number of aryl methyl sites for hydroxylation is 1. The van der Waals surface area contributed by atoms with Crippen LogP contribution in [0.3, 0.4) is 0 Å². The molecule has 2 heterocycles. The first-order chi connectivity index (χ1) is 8.11. The van der Waals surface area contributed by atoms with E-state index in [1.165, 1.54) is 11.3 Å². The maximum atomic E-state index is 11.8. The van der Waals surface area contributed by atoms with E-state index in [4.69, 9.17) is 5.11 Å². The van der Waals surface area contributed by atoms with E-state index in [9.17, 15) is 9.59 Å². The van der Waals surface area contributed by atoms with Gasteiger partial charge in [-0.25, -0.2) is 9.78 Å². The van der Waals surface area contributed by atoms with Gasteiger partial charge in [0, 0.05) is 13.1 Å². The highest BCUT2D eigenvalue weighted by Gasteiger charge is 2.24. The van der Waals surface area contributed by atoms with Gasteiger partial charge in [-0.15, -0.1) is 11.3 Å². The Bertz CT molecular complexity index is 452. The molecule has 1 N–H and O–H groups in total. The van der Waals surface area contributed by atoms with Crippen LogP contribution in [-0.2, 0) is 17.6 Å². The number of amides is 1. The molecule has 1 aliphatic heterocycles. The average Bonchev–Trinajstić information content (AvgIpc) is 2.58. The van der Waals surface area contributed by atoms with Gasteiger partial charge < -0.3 is 10.0 Å². The van der Waals surface area contributed by atoms with Crippen LogP contribution in [0.1, 0.15) is 33.7 Å². The zero-order chi connectivity index (χ0) is 12.4. The average molecular weight is 254 g/mol. The minimum absolute atomic E-state index is 0.0216. The topological polar surface area (TPSA) is 70.5 Å². The molecular formula is C11H14N2O3S. The first-order valence-corrected chi connectivity index (χ1v) is 6.43. The third kappa shape index (κ3) is 2.46. The monoisotopic (exact) mass is 254 g/mol. The second-order valence-corrected chi connectivity index (χ2v) is 5.04. The number of hydrogen-bond donors (Lipinski definition) is 1. The van der Waals surface area contributed by atoms with E-state index < -0.39 is 5.97 Å². The van der Waals surface area contributed by atoms with Crippen molar-refractivity contribution < 1.29 is 14.7 Å². The van der Waals surface area contributed by atoms with Gasteiger partial charge >= 0.3 is 5.97 Å². The molecule has 92 valence electrons. The number of aromatic carboxylic acids is 1. The molecule has 0 spiro atoms. The highest BCUT2D eigenvalue weighted by atomic mass is 32.1. The van der Waals surface area contributed by atoms with Crippen molar-refractivity contribution in [2.45, 2.75) is 26.2 Å².